The summed E-state index contributed by atoms with van der Waals surface area (Å²) in [4.78, 5) is 23.8. The minimum Gasteiger partial charge on any atom is -0.493 e. The third kappa shape index (κ3) is 6.58. The molecule has 0 heterocycles. The van der Waals surface area contributed by atoms with Crippen molar-refractivity contribution in [3.63, 3.8) is 0 Å². The van der Waals surface area contributed by atoms with Crippen LogP contribution in [-0.4, -0.2) is 25.1 Å². The Balaban J connectivity index is 1.55. The normalized spacial score (nSPS) is 10.5. The van der Waals surface area contributed by atoms with Gasteiger partial charge in [0.15, 0.2) is 11.5 Å². The van der Waals surface area contributed by atoms with Gasteiger partial charge in [-0.3, -0.25) is 9.59 Å². The molecule has 2 N–H and O–H groups in total. The molecule has 31 heavy (non-hydrogen) atoms. The summed E-state index contributed by atoms with van der Waals surface area (Å²) in [6.07, 6.45) is 1.40. The Morgan fingerprint density at radius 3 is 2.42 bits per heavy atom. The summed E-state index contributed by atoms with van der Waals surface area (Å²) >= 11 is 5.79. The smallest absolute Gasteiger partial charge is 0.329 e. The standard InChI is InChI=1S/C23H20ClN3O4/c1-30-21-13-17(7-12-20(21)31-15-16-5-3-2-4-6-16)14-25-27-23(29)22(28)26-19-10-8-18(24)9-11-19/h2-14H,15H2,1H3,(H,26,28)(H,27,29)/b25-14-. The lowest BCUT2D eigenvalue weighted by atomic mass is 10.2. The molecular formula is C23H20ClN3O4. The van der Waals surface area contributed by atoms with E-state index >= 15 is 0 Å². The molecule has 2 amide bonds. The Kier molecular flexibility index (Phi) is 7.61. The molecule has 3 aromatic rings. The molecule has 0 aromatic heterocycles. The highest BCUT2D eigenvalue weighted by Crippen LogP contribution is 2.28. The zero-order chi connectivity index (χ0) is 22.1. The van der Waals surface area contributed by atoms with Crippen molar-refractivity contribution in [2.45, 2.75) is 6.61 Å². The molecule has 3 aromatic carbocycles. The first-order chi connectivity index (χ1) is 15.0. The first kappa shape index (κ1) is 21.9. The molecule has 8 heteroatoms. The lowest BCUT2D eigenvalue weighted by Crippen LogP contribution is -2.32. The fourth-order valence-electron chi connectivity index (χ4n) is 2.56. The van der Waals surface area contributed by atoms with Gasteiger partial charge in [-0.2, -0.15) is 5.10 Å². The molecule has 0 spiro atoms. The number of methoxy groups -OCH3 is 1. The van der Waals surface area contributed by atoms with E-state index in [0.29, 0.717) is 34.4 Å². The molecule has 0 atom stereocenters. The highest BCUT2D eigenvalue weighted by Gasteiger charge is 2.13. The molecule has 158 valence electrons. The Morgan fingerprint density at radius 1 is 0.968 bits per heavy atom. The number of hydrazone groups is 1. The molecule has 0 bridgehead atoms. The Bertz CT molecular complexity index is 1070. The number of carbonyl (C=O) groups is 2. The highest BCUT2D eigenvalue weighted by atomic mass is 35.5. The molecule has 3 rings (SSSR count). The number of hydrogen-bond acceptors (Lipinski definition) is 5. The first-order valence-electron chi connectivity index (χ1n) is 9.30. The van der Waals surface area contributed by atoms with Gasteiger partial charge in [0.05, 0.1) is 13.3 Å². The second-order valence-electron chi connectivity index (χ2n) is 6.34. The minimum atomic E-state index is -0.902. The summed E-state index contributed by atoms with van der Waals surface area (Å²) in [6, 6.07) is 21.4. The summed E-state index contributed by atoms with van der Waals surface area (Å²) in [7, 11) is 1.54. The molecule has 0 aliphatic heterocycles. The van der Waals surface area contributed by atoms with E-state index in [0.717, 1.165) is 5.56 Å². The van der Waals surface area contributed by atoms with E-state index in [-0.39, 0.29) is 0 Å². The highest BCUT2D eigenvalue weighted by molar-refractivity contribution is 6.39. The maximum absolute atomic E-state index is 11.9. The van der Waals surface area contributed by atoms with Gasteiger partial charge in [0.1, 0.15) is 6.61 Å². The van der Waals surface area contributed by atoms with E-state index in [9.17, 15) is 9.59 Å². The topological polar surface area (TPSA) is 89.0 Å². The van der Waals surface area contributed by atoms with Crippen LogP contribution in [0.1, 0.15) is 11.1 Å². The van der Waals surface area contributed by atoms with Crippen molar-refractivity contribution in [1.29, 1.82) is 0 Å². The molecule has 0 aliphatic carbocycles. The number of anilines is 1. The van der Waals surface area contributed by atoms with Crippen LogP contribution in [-0.2, 0) is 16.2 Å². The summed E-state index contributed by atoms with van der Waals surface area (Å²) in [6.45, 7) is 0.406. The lowest BCUT2D eigenvalue weighted by molar-refractivity contribution is -0.136. The van der Waals surface area contributed by atoms with Gasteiger partial charge in [-0.15, -0.1) is 0 Å². The van der Waals surface area contributed by atoms with Crippen molar-refractivity contribution in [3.8, 4) is 11.5 Å². The average molecular weight is 438 g/mol. The summed E-state index contributed by atoms with van der Waals surface area (Å²) in [5.74, 6) is -0.649. The number of nitrogens with zero attached hydrogens (tertiary/aromatic N) is 1. The van der Waals surface area contributed by atoms with Gasteiger partial charge in [0.2, 0.25) is 0 Å². The molecule has 0 saturated carbocycles. The molecule has 0 fully saturated rings. The number of hydrogen-bond donors (Lipinski definition) is 2. The number of rotatable bonds is 7. The van der Waals surface area contributed by atoms with Crippen molar-refractivity contribution < 1.29 is 19.1 Å². The largest absolute Gasteiger partial charge is 0.493 e. The Morgan fingerprint density at radius 2 is 1.71 bits per heavy atom. The van der Waals surface area contributed by atoms with Crippen molar-refractivity contribution in [2.24, 2.45) is 5.10 Å². The van der Waals surface area contributed by atoms with Crippen LogP contribution in [0.15, 0.2) is 77.9 Å². The first-order valence-corrected chi connectivity index (χ1v) is 9.67. The number of nitrogens with one attached hydrogen (secondary N) is 2. The van der Waals surface area contributed by atoms with Crippen LogP contribution in [0, 0.1) is 0 Å². The predicted octanol–water partition coefficient (Wildman–Crippen LogP) is 4.02. The Hall–Kier alpha value is -3.84. The summed E-state index contributed by atoms with van der Waals surface area (Å²) in [5.41, 5.74) is 4.32. The molecule has 0 saturated heterocycles. The molecule has 0 unspecified atom stereocenters. The van der Waals surface area contributed by atoms with Crippen LogP contribution < -0.4 is 20.2 Å². The molecule has 0 aliphatic rings. The third-order valence-electron chi connectivity index (χ3n) is 4.11. The van der Waals surface area contributed by atoms with Crippen LogP contribution in [0.4, 0.5) is 5.69 Å². The fraction of sp³-hybridized carbons (Fsp3) is 0.0870. The average Bonchev–Trinajstić information content (AvgIpc) is 2.80. The van der Waals surface area contributed by atoms with E-state index in [1.54, 1.807) is 42.5 Å². The van der Waals surface area contributed by atoms with Gasteiger partial charge in [0, 0.05) is 10.7 Å². The maximum Gasteiger partial charge on any atom is 0.329 e. The van der Waals surface area contributed by atoms with E-state index < -0.39 is 11.8 Å². The predicted molar refractivity (Wildman–Crippen MR) is 120 cm³/mol. The van der Waals surface area contributed by atoms with Crippen LogP contribution in [0.2, 0.25) is 5.02 Å². The van der Waals surface area contributed by atoms with Gasteiger partial charge >= 0.3 is 11.8 Å². The van der Waals surface area contributed by atoms with Crippen LogP contribution in [0.5, 0.6) is 11.5 Å². The zero-order valence-corrected chi connectivity index (χ0v) is 17.4. The van der Waals surface area contributed by atoms with Crippen LogP contribution in [0.3, 0.4) is 0 Å². The van der Waals surface area contributed by atoms with E-state index in [2.05, 4.69) is 15.8 Å². The third-order valence-corrected chi connectivity index (χ3v) is 4.36. The van der Waals surface area contributed by atoms with Gasteiger partial charge in [0.25, 0.3) is 0 Å². The number of ether oxygens (including phenoxy) is 2. The Labute approximate surface area is 184 Å². The second-order valence-corrected chi connectivity index (χ2v) is 6.78. The summed E-state index contributed by atoms with van der Waals surface area (Å²) in [5, 5.41) is 6.79. The van der Waals surface area contributed by atoms with Crippen molar-refractivity contribution in [3.05, 3.63) is 88.9 Å². The lowest BCUT2D eigenvalue weighted by Gasteiger charge is -2.11. The van der Waals surface area contributed by atoms with E-state index in [1.807, 2.05) is 30.3 Å². The molecule has 7 nitrogen and oxygen atoms in total. The summed E-state index contributed by atoms with van der Waals surface area (Å²) < 4.78 is 11.2. The molecular weight excluding hydrogens is 418 g/mol. The van der Waals surface area contributed by atoms with Gasteiger partial charge in [-0.25, -0.2) is 5.43 Å². The monoisotopic (exact) mass is 437 g/mol. The zero-order valence-electron chi connectivity index (χ0n) is 16.7. The number of amides is 2. The van der Waals surface area contributed by atoms with E-state index in [4.69, 9.17) is 21.1 Å². The number of halogens is 1. The van der Waals surface area contributed by atoms with Crippen molar-refractivity contribution in [2.75, 3.05) is 12.4 Å². The van der Waals surface area contributed by atoms with Crippen LogP contribution >= 0.6 is 11.6 Å². The van der Waals surface area contributed by atoms with Gasteiger partial charge in [-0.05, 0) is 53.6 Å². The minimum absolute atomic E-state index is 0.406. The van der Waals surface area contributed by atoms with Crippen LogP contribution in [0.25, 0.3) is 0 Å². The van der Waals surface area contributed by atoms with Crippen molar-refractivity contribution >= 4 is 35.3 Å². The second kappa shape index (κ2) is 10.8. The fourth-order valence-corrected chi connectivity index (χ4v) is 2.68. The number of benzene rings is 3. The van der Waals surface area contributed by atoms with E-state index in [1.165, 1.54) is 13.3 Å². The van der Waals surface area contributed by atoms with Crippen molar-refractivity contribution in [1.82, 2.24) is 5.43 Å². The quantitative estimate of drug-likeness (QED) is 0.332. The SMILES string of the molecule is COc1cc(/C=N\NC(=O)C(=O)Nc2ccc(Cl)cc2)ccc1OCc1ccccc1. The van der Waals surface area contributed by atoms with Gasteiger partial charge in [-0.1, -0.05) is 41.9 Å². The molecule has 0 radical (unpaired) electrons. The number of carbonyl (C=O) groups excluding carboxylic acids is 2. The van der Waals surface area contributed by atoms with Gasteiger partial charge < -0.3 is 14.8 Å². The maximum atomic E-state index is 11.9.